The molecule has 7 heteroatoms. The predicted molar refractivity (Wildman–Crippen MR) is 102 cm³/mol. The first-order chi connectivity index (χ1) is 11.4. The Morgan fingerprint density at radius 2 is 1.72 bits per heavy atom. The van der Waals surface area contributed by atoms with E-state index in [1.54, 1.807) is 6.92 Å². The Labute approximate surface area is 155 Å². The van der Waals surface area contributed by atoms with Crippen LogP contribution >= 0.6 is 0 Å². The lowest BCUT2D eigenvalue weighted by atomic mass is 9.70. The number of carbonyl (C=O) groups is 2. The maximum Gasteiger partial charge on any atom is 0.181 e. The van der Waals surface area contributed by atoms with E-state index in [2.05, 4.69) is 13.8 Å². The van der Waals surface area contributed by atoms with E-state index in [1.807, 2.05) is 20.8 Å². The van der Waals surface area contributed by atoms with E-state index in [9.17, 15) is 22.6 Å². The summed E-state index contributed by atoms with van der Waals surface area (Å²) in [5, 5.41) is -1.30. The molecule has 2 aliphatic rings. The van der Waals surface area contributed by atoms with Gasteiger partial charge in [0.1, 0.15) is 26.9 Å². The van der Waals surface area contributed by atoms with Crippen molar-refractivity contribution >= 4 is 32.6 Å². The lowest BCUT2D eigenvalue weighted by Gasteiger charge is -2.32. The quantitative estimate of drug-likeness (QED) is 0.512. The van der Waals surface area contributed by atoms with Crippen LogP contribution in [0.1, 0.15) is 60.8 Å². The lowest BCUT2D eigenvalue weighted by molar-refractivity contribution is -0.128. The van der Waals surface area contributed by atoms with Crippen LogP contribution in [0, 0.1) is 16.7 Å². The van der Waals surface area contributed by atoms with Gasteiger partial charge in [-0.1, -0.05) is 27.7 Å². The van der Waals surface area contributed by atoms with Crippen LogP contribution in [0.25, 0.3) is 0 Å². The number of hydrogen-bond acceptors (Lipinski definition) is 5. The van der Waals surface area contributed by atoms with Crippen LogP contribution in [0.15, 0.2) is 0 Å². The molecular weight excluding hydrogens is 360 g/mol. The minimum absolute atomic E-state index is 0.294. The zero-order valence-electron chi connectivity index (χ0n) is 16.3. The summed E-state index contributed by atoms with van der Waals surface area (Å²) in [7, 11) is -4.11. The van der Waals surface area contributed by atoms with Gasteiger partial charge in [0.25, 0.3) is 0 Å². The highest BCUT2D eigenvalue weighted by Crippen LogP contribution is 2.64. The van der Waals surface area contributed by atoms with Gasteiger partial charge in [0, 0.05) is 11.8 Å². The molecule has 0 aromatic heterocycles. The number of rotatable bonds is 6. The van der Waals surface area contributed by atoms with Gasteiger partial charge in [0.2, 0.25) is 0 Å². The molecule has 3 unspecified atom stereocenters. The summed E-state index contributed by atoms with van der Waals surface area (Å²) >= 11 is 0. The second kappa shape index (κ2) is 8.09. The van der Waals surface area contributed by atoms with Crippen molar-refractivity contribution in [3.05, 3.63) is 0 Å². The Morgan fingerprint density at radius 1 is 1.20 bits per heavy atom. The molecule has 0 N–H and O–H groups in total. The highest BCUT2D eigenvalue weighted by molar-refractivity contribution is 7.97. The molecular formula is C18H32O5S2. The Balaban J connectivity index is 0.000000275. The first kappa shape index (κ1) is 22.6. The van der Waals surface area contributed by atoms with Crippen LogP contribution in [0.3, 0.4) is 0 Å². The van der Waals surface area contributed by atoms with E-state index in [-0.39, 0.29) is 17.1 Å². The topological polar surface area (TPSA) is 91.3 Å². The minimum Gasteiger partial charge on any atom is -0.747 e. The van der Waals surface area contributed by atoms with Gasteiger partial charge in [0.15, 0.2) is 17.3 Å². The molecule has 2 bridgehead atoms. The fraction of sp³-hybridized carbons (Fsp3) is 0.889. The molecule has 3 atom stereocenters. The molecule has 0 aromatic carbocycles. The summed E-state index contributed by atoms with van der Waals surface area (Å²) in [5.41, 5.74) is -0.994. The molecule has 146 valence electrons. The average Bonchev–Trinajstić information content (AvgIpc) is 2.84. The van der Waals surface area contributed by atoms with Crippen LogP contribution < -0.4 is 0 Å². The van der Waals surface area contributed by atoms with Crippen molar-refractivity contribution in [3.63, 3.8) is 0 Å². The molecule has 0 saturated heterocycles. The molecule has 2 aliphatic carbocycles. The summed E-state index contributed by atoms with van der Waals surface area (Å²) in [4.78, 5) is 22.9. The number of Topliss-reactive ketones (excluding diaryl/α,β-unsaturated/α-hetero) is 2. The van der Waals surface area contributed by atoms with Gasteiger partial charge in [0.05, 0.1) is 0 Å². The second-order valence-electron chi connectivity index (χ2n) is 7.70. The van der Waals surface area contributed by atoms with Gasteiger partial charge in [-0.05, 0) is 48.9 Å². The Morgan fingerprint density at radius 3 is 2.00 bits per heavy atom. The fourth-order valence-corrected chi connectivity index (χ4v) is 6.95. The fourth-order valence-electron chi connectivity index (χ4n) is 4.07. The summed E-state index contributed by atoms with van der Waals surface area (Å²) in [6.45, 7) is 11.8. The molecule has 2 fully saturated rings. The molecule has 2 saturated carbocycles. The maximum absolute atomic E-state index is 12.0. The molecule has 0 radical (unpaired) electrons. The van der Waals surface area contributed by atoms with Crippen molar-refractivity contribution in [1.29, 1.82) is 0 Å². The number of carbonyl (C=O) groups excluding carboxylic acids is 2. The van der Waals surface area contributed by atoms with Gasteiger partial charge in [-0.2, -0.15) is 0 Å². The third kappa shape index (κ3) is 4.30. The van der Waals surface area contributed by atoms with E-state index in [0.717, 1.165) is 5.75 Å². The van der Waals surface area contributed by atoms with Gasteiger partial charge in [-0.25, -0.2) is 8.42 Å². The predicted octanol–water partition coefficient (Wildman–Crippen LogP) is 2.55. The molecule has 0 heterocycles. The Hall–Kier alpha value is -0.400. The van der Waals surface area contributed by atoms with Crippen LogP contribution in [0.2, 0.25) is 0 Å². The molecule has 25 heavy (non-hydrogen) atoms. The van der Waals surface area contributed by atoms with Crippen molar-refractivity contribution in [1.82, 2.24) is 0 Å². The molecule has 0 amide bonds. The summed E-state index contributed by atoms with van der Waals surface area (Å²) in [5.74, 6) is 2.93. The largest absolute Gasteiger partial charge is 0.747 e. The summed E-state index contributed by atoms with van der Waals surface area (Å²) in [6.07, 6.45) is 2.08. The van der Waals surface area contributed by atoms with E-state index in [0.29, 0.717) is 35.9 Å². The summed E-state index contributed by atoms with van der Waals surface area (Å²) in [6, 6.07) is 0. The number of hydrogen-bond donors (Lipinski definition) is 0. The first-order valence-corrected chi connectivity index (χ1v) is 12.2. The first-order valence-electron chi connectivity index (χ1n) is 9.01. The van der Waals surface area contributed by atoms with E-state index in [4.69, 9.17) is 0 Å². The van der Waals surface area contributed by atoms with Crippen molar-refractivity contribution < 1.29 is 22.6 Å². The molecule has 0 aliphatic heterocycles. The van der Waals surface area contributed by atoms with Crippen molar-refractivity contribution in [2.45, 2.75) is 66.1 Å². The van der Waals surface area contributed by atoms with Crippen molar-refractivity contribution in [2.75, 3.05) is 17.3 Å². The maximum atomic E-state index is 12.0. The molecule has 2 rings (SSSR count). The van der Waals surface area contributed by atoms with Crippen LogP contribution in [0.5, 0.6) is 0 Å². The van der Waals surface area contributed by atoms with Gasteiger partial charge in [-0.3, -0.25) is 9.59 Å². The zero-order chi connectivity index (χ0) is 19.6. The smallest absolute Gasteiger partial charge is 0.181 e. The van der Waals surface area contributed by atoms with Gasteiger partial charge in [-0.15, -0.1) is 0 Å². The highest BCUT2D eigenvalue weighted by Gasteiger charge is 2.67. The number of ketones is 2. The van der Waals surface area contributed by atoms with E-state index in [1.165, 1.54) is 11.5 Å². The van der Waals surface area contributed by atoms with Crippen LogP contribution in [-0.4, -0.2) is 47.0 Å². The Kier molecular flexibility index (Phi) is 7.33. The second-order valence-corrected chi connectivity index (χ2v) is 11.9. The average molecular weight is 393 g/mol. The SMILES string of the molecule is CC12CCC(C(S(=O)(=O)[O-])C1=O)C2(C)C.CCC(=O)C[S+](CC)CC. The molecule has 0 aromatic rings. The summed E-state index contributed by atoms with van der Waals surface area (Å²) < 4.78 is 33.3. The number of fused-ring (bicyclic) bond motifs is 2. The van der Waals surface area contributed by atoms with Crippen molar-refractivity contribution in [2.24, 2.45) is 16.7 Å². The third-order valence-electron chi connectivity index (χ3n) is 6.36. The normalized spacial score (nSPS) is 30.3. The van der Waals surface area contributed by atoms with Crippen LogP contribution in [-0.2, 0) is 30.6 Å². The zero-order valence-corrected chi connectivity index (χ0v) is 17.9. The lowest BCUT2D eigenvalue weighted by Crippen LogP contribution is -2.38. The van der Waals surface area contributed by atoms with E-state index < -0.39 is 20.8 Å². The van der Waals surface area contributed by atoms with Gasteiger partial charge >= 0.3 is 0 Å². The molecule has 5 nitrogen and oxygen atoms in total. The van der Waals surface area contributed by atoms with E-state index >= 15 is 0 Å². The monoisotopic (exact) mass is 392 g/mol. The van der Waals surface area contributed by atoms with Crippen molar-refractivity contribution in [3.8, 4) is 0 Å². The standard InChI is InChI=1S/C10H16O4S.C8H17OS/c1-9(2)6-4-5-10(9,3)8(11)7(6)15(12,13)14;1-4-8(9)7-10(5-2)6-3/h6-7H,4-5H2,1-3H3,(H,12,13,14);4-7H2,1-3H3/q;+1/p-1. The third-order valence-corrected chi connectivity index (χ3v) is 9.89. The van der Waals surface area contributed by atoms with Crippen LogP contribution in [0.4, 0.5) is 0 Å². The molecule has 0 spiro atoms. The minimum atomic E-state index is -4.49. The van der Waals surface area contributed by atoms with Gasteiger partial charge < -0.3 is 4.55 Å². The Bertz CT molecular complexity index is 607. The highest BCUT2D eigenvalue weighted by atomic mass is 32.2.